The molecular weight excluding hydrogens is 154 g/mol. The maximum Gasteiger partial charge on any atom is 0.210 e. The quantitative estimate of drug-likeness (QED) is 0.623. The molecular formula is C9H11NO2. The van der Waals surface area contributed by atoms with E-state index in [9.17, 15) is 4.79 Å². The van der Waals surface area contributed by atoms with Crippen molar-refractivity contribution in [3.05, 3.63) is 24.2 Å². The van der Waals surface area contributed by atoms with Gasteiger partial charge in [-0.3, -0.25) is 4.79 Å². The van der Waals surface area contributed by atoms with E-state index in [1.54, 1.807) is 11.2 Å². The monoisotopic (exact) mass is 165 g/mol. The third-order valence-electron chi connectivity index (χ3n) is 2.30. The molecule has 3 heteroatoms. The lowest BCUT2D eigenvalue weighted by Gasteiger charge is -2.16. The number of furan rings is 1. The summed E-state index contributed by atoms with van der Waals surface area (Å²) in [6.45, 7) is 0.856. The van der Waals surface area contributed by atoms with Crippen molar-refractivity contribution in [3.8, 4) is 0 Å². The van der Waals surface area contributed by atoms with Crippen molar-refractivity contribution in [2.24, 2.45) is 0 Å². The van der Waals surface area contributed by atoms with E-state index in [1.165, 1.54) is 0 Å². The van der Waals surface area contributed by atoms with Crippen LogP contribution >= 0.6 is 0 Å². The second-order valence-electron chi connectivity index (χ2n) is 3.02. The molecule has 0 bridgehead atoms. The van der Waals surface area contributed by atoms with Gasteiger partial charge in [-0.25, -0.2) is 0 Å². The van der Waals surface area contributed by atoms with E-state index in [0.29, 0.717) is 0 Å². The first kappa shape index (κ1) is 7.40. The summed E-state index contributed by atoms with van der Waals surface area (Å²) in [6, 6.07) is 3.96. The highest BCUT2D eigenvalue weighted by atomic mass is 16.3. The van der Waals surface area contributed by atoms with Gasteiger partial charge in [0.25, 0.3) is 0 Å². The maximum absolute atomic E-state index is 10.6. The van der Waals surface area contributed by atoms with Gasteiger partial charge in [-0.05, 0) is 25.0 Å². The summed E-state index contributed by atoms with van der Waals surface area (Å²) >= 11 is 0. The minimum absolute atomic E-state index is 0.178. The lowest BCUT2D eigenvalue weighted by Crippen LogP contribution is -2.20. The molecule has 1 atom stereocenters. The second-order valence-corrected chi connectivity index (χ2v) is 3.02. The number of hydrogen-bond acceptors (Lipinski definition) is 2. The van der Waals surface area contributed by atoms with E-state index in [4.69, 9.17) is 4.42 Å². The molecule has 0 N–H and O–H groups in total. The number of carbonyl (C=O) groups excluding carboxylic acids is 1. The Kier molecular flexibility index (Phi) is 1.86. The van der Waals surface area contributed by atoms with Crippen molar-refractivity contribution < 1.29 is 9.21 Å². The first-order valence-corrected chi connectivity index (χ1v) is 4.16. The molecule has 3 nitrogen and oxygen atoms in total. The standard InChI is InChI=1S/C9H11NO2/c11-7-10-5-1-3-8(10)9-4-2-6-12-9/h2,4,6-8H,1,3,5H2/t8-/m0/s1. The average molecular weight is 165 g/mol. The molecule has 1 aliphatic rings. The Morgan fingerprint density at radius 2 is 2.58 bits per heavy atom. The molecule has 1 fully saturated rings. The van der Waals surface area contributed by atoms with Gasteiger partial charge >= 0.3 is 0 Å². The van der Waals surface area contributed by atoms with Gasteiger partial charge in [0, 0.05) is 6.54 Å². The number of nitrogens with zero attached hydrogens (tertiary/aromatic N) is 1. The van der Waals surface area contributed by atoms with Crippen LogP contribution in [0.4, 0.5) is 0 Å². The summed E-state index contributed by atoms with van der Waals surface area (Å²) in [5.41, 5.74) is 0. The molecule has 1 aliphatic heterocycles. The molecule has 1 saturated heterocycles. The van der Waals surface area contributed by atoms with Gasteiger partial charge in [-0.15, -0.1) is 0 Å². The Morgan fingerprint density at radius 1 is 1.67 bits per heavy atom. The molecule has 1 amide bonds. The zero-order valence-corrected chi connectivity index (χ0v) is 6.77. The molecule has 2 rings (SSSR count). The summed E-state index contributed by atoms with van der Waals surface area (Å²) < 4.78 is 5.25. The van der Waals surface area contributed by atoms with Gasteiger partial charge in [0.1, 0.15) is 5.76 Å². The van der Waals surface area contributed by atoms with Crippen LogP contribution in [0.2, 0.25) is 0 Å². The zero-order chi connectivity index (χ0) is 8.39. The molecule has 0 unspecified atom stereocenters. The van der Waals surface area contributed by atoms with Gasteiger partial charge in [0.2, 0.25) is 6.41 Å². The zero-order valence-electron chi connectivity index (χ0n) is 6.77. The number of hydrogen-bond donors (Lipinski definition) is 0. The first-order chi connectivity index (χ1) is 5.92. The van der Waals surface area contributed by atoms with Crippen LogP contribution in [0.3, 0.4) is 0 Å². The highest BCUT2D eigenvalue weighted by molar-refractivity contribution is 5.49. The van der Waals surface area contributed by atoms with Gasteiger partial charge in [-0.1, -0.05) is 0 Å². The fourth-order valence-corrected chi connectivity index (χ4v) is 1.70. The number of carbonyl (C=O) groups is 1. The van der Waals surface area contributed by atoms with E-state index in [-0.39, 0.29) is 6.04 Å². The third kappa shape index (κ3) is 1.11. The summed E-state index contributed by atoms with van der Waals surface area (Å²) in [5.74, 6) is 0.902. The SMILES string of the molecule is O=CN1CCC[C@H]1c1ccco1. The van der Waals surface area contributed by atoms with Crippen LogP contribution in [0.1, 0.15) is 24.6 Å². The molecule has 0 saturated carbocycles. The van der Waals surface area contributed by atoms with E-state index in [1.807, 2.05) is 12.1 Å². The summed E-state index contributed by atoms with van der Waals surface area (Å²) in [5, 5.41) is 0. The first-order valence-electron chi connectivity index (χ1n) is 4.16. The molecule has 1 aromatic heterocycles. The van der Waals surface area contributed by atoms with Gasteiger partial charge in [-0.2, -0.15) is 0 Å². The smallest absolute Gasteiger partial charge is 0.210 e. The van der Waals surface area contributed by atoms with Gasteiger partial charge < -0.3 is 9.32 Å². The lowest BCUT2D eigenvalue weighted by molar-refractivity contribution is -0.119. The van der Waals surface area contributed by atoms with Crippen molar-refractivity contribution in [3.63, 3.8) is 0 Å². The summed E-state index contributed by atoms with van der Waals surface area (Å²) in [6.07, 6.45) is 4.65. The third-order valence-corrected chi connectivity index (χ3v) is 2.30. The highest BCUT2D eigenvalue weighted by Gasteiger charge is 2.26. The Bertz CT molecular complexity index is 256. The lowest BCUT2D eigenvalue weighted by atomic mass is 10.2. The topological polar surface area (TPSA) is 33.5 Å². The van der Waals surface area contributed by atoms with Crippen LogP contribution in [0.5, 0.6) is 0 Å². The van der Waals surface area contributed by atoms with Crippen molar-refractivity contribution in [1.29, 1.82) is 0 Å². The minimum Gasteiger partial charge on any atom is -0.467 e. The predicted molar refractivity (Wildman–Crippen MR) is 43.5 cm³/mol. The molecule has 0 aliphatic carbocycles. The molecule has 0 spiro atoms. The Balaban J connectivity index is 2.18. The fraction of sp³-hybridized carbons (Fsp3) is 0.444. The molecule has 1 aromatic rings. The fourth-order valence-electron chi connectivity index (χ4n) is 1.70. The van der Waals surface area contributed by atoms with Crippen molar-refractivity contribution in [2.45, 2.75) is 18.9 Å². The average Bonchev–Trinajstić information content (AvgIpc) is 2.74. The second kappa shape index (κ2) is 3.01. The Morgan fingerprint density at radius 3 is 3.25 bits per heavy atom. The number of likely N-dealkylation sites (tertiary alicyclic amines) is 1. The van der Waals surface area contributed by atoms with Crippen molar-refractivity contribution in [2.75, 3.05) is 6.54 Å². The molecule has 0 radical (unpaired) electrons. The molecule has 64 valence electrons. The van der Waals surface area contributed by atoms with E-state index in [0.717, 1.165) is 31.6 Å². The maximum atomic E-state index is 10.6. The minimum atomic E-state index is 0.178. The molecule has 2 heterocycles. The van der Waals surface area contributed by atoms with Gasteiger partial charge in [0.15, 0.2) is 0 Å². The summed E-state index contributed by atoms with van der Waals surface area (Å²) in [4.78, 5) is 12.4. The van der Waals surface area contributed by atoms with Crippen LogP contribution in [-0.4, -0.2) is 17.9 Å². The normalized spacial score (nSPS) is 23.0. The van der Waals surface area contributed by atoms with Crippen LogP contribution in [0.25, 0.3) is 0 Å². The van der Waals surface area contributed by atoms with E-state index < -0.39 is 0 Å². The number of amides is 1. The van der Waals surface area contributed by atoms with Crippen molar-refractivity contribution >= 4 is 6.41 Å². The van der Waals surface area contributed by atoms with Crippen LogP contribution in [-0.2, 0) is 4.79 Å². The Hall–Kier alpha value is -1.25. The number of rotatable bonds is 2. The van der Waals surface area contributed by atoms with Crippen LogP contribution in [0, 0.1) is 0 Å². The van der Waals surface area contributed by atoms with Gasteiger partial charge in [0.05, 0.1) is 12.3 Å². The van der Waals surface area contributed by atoms with Crippen LogP contribution < -0.4 is 0 Å². The van der Waals surface area contributed by atoms with E-state index in [2.05, 4.69) is 0 Å². The molecule has 12 heavy (non-hydrogen) atoms. The van der Waals surface area contributed by atoms with Crippen LogP contribution in [0.15, 0.2) is 22.8 Å². The summed E-state index contributed by atoms with van der Waals surface area (Å²) in [7, 11) is 0. The van der Waals surface area contributed by atoms with E-state index >= 15 is 0 Å². The predicted octanol–water partition coefficient (Wildman–Crippen LogP) is 1.57. The Labute approximate surface area is 71.0 Å². The van der Waals surface area contributed by atoms with Crippen molar-refractivity contribution in [1.82, 2.24) is 4.90 Å². The highest BCUT2D eigenvalue weighted by Crippen LogP contribution is 2.30. The molecule has 0 aromatic carbocycles. The largest absolute Gasteiger partial charge is 0.467 e.